The molecule has 0 saturated carbocycles. The summed E-state index contributed by atoms with van der Waals surface area (Å²) in [6.45, 7) is 4.10. The van der Waals surface area contributed by atoms with Gasteiger partial charge in [0.25, 0.3) is 0 Å². The molecule has 114 valence electrons. The fraction of sp³-hybridized carbons (Fsp3) is 0.438. The molecule has 1 aliphatic rings. The van der Waals surface area contributed by atoms with Gasteiger partial charge >= 0.3 is 5.97 Å². The van der Waals surface area contributed by atoms with Crippen LogP contribution in [0.25, 0.3) is 0 Å². The van der Waals surface area contributed by atoms with Gasteiger partial charge in [-0.1, -0.05) is 6.92 Å². The van der Waals surface area contributed by atoms with Gasteiger partial charge in [0.1, 0.15) is 17.1 Å². The molecule has 1 aromatic heterocycles. The number of fused-ring (bicyclic) bond motifs is 1. The Hall–Kier alpha value is -2.31. The van der Waals surface area contributed by atoms with Crippen molar-refractivity contribution in [2.75, 3.05) is 11.9 Å². The zero-order valence-corrected chi connectivity index (χ0v) is 13.4. The van der Waals surface area contributed by atoms with E-state index in [-0.39, 0.29) is 12.2 Å². The summed E-state index contributed by atoms with van der Waals surface area (Å²) >= 11 is 1.53. The van der Waals surface area contributed by atoms with Crippen molar-refractivity contribution in [2.45, 2.75) is 33.1 Å². The number of nitrogens with one attached hydrogen (secondary N) is 1. The Balaban J connectivity index is 2.25. The molecule has 0 amide bonds. The standard InChI is InChI=1S/C16H17N3O2S/c1-3-21-16(20)11(7-17)9-19-15-13(8-18)12-5-4-10(2)6-14(12)22-15/h9-10,19H,3-6H2,1-2H3/b11-9+/t10-/m1/s1. The number of nitriles is 2. The summed E-state index contributed by atoms with van der Waals surface area (Å²) in [4.78, 5) is 12.8. The molecule has 0 aliphatic heterocycles. The van der Waals surface area contributed by atoms with Gasteiger partial charge in [-0.15, -0.1) is 11.3 Å². The number of hydrogen-bond donors (Lipinski definition) is 1. The summed E-state index contributed by atoms with van der Waals surface area (Å²) in [6, 6.07) is 4.04. The van der Waals surface area contributed by atoms with Crippen molar-refractivity contribution in [2.24, 2.45) is 5.92 Å². The van der Waals surface area contributed by atoms with Crippen LogP contribution in [0.5, 0.6) is 0 Å². The number of rotatable bonds is 4. The van der Waals surface area contributed by atoms with E-state index in [9.17, 15) is 10.1 Å². The minimum absolute atomic E-state index is 0.106. The number of thiophene rings is 1. The van der Waals surface area contributed by atoms with Crippen molar-refractivity contribution in [3.8, 4) is 12.1 Å². The maximum atomic E-state index is 11.6. The predicted octanol–water partition coefficient (Wildman–Crippen LogP) is 3.13. The van der Waals surface area contributed by atoms with E-state index in [1.54, 1.807) is 6.92 Å². The van der Waals surface area contributed by atoms with Gasteiger partial charge in [0.15, 0.2) is 5.57 Å². The van der Waals surface area contributed by atoms with E-state index in [0.29, 0.717) is 16.5 Å². The van der Waals surface area contributed by atoms with Crippen LogP contribution in [0.15, 0.2) is 11.8 Å². The molecule has 1 heterocycles. The smallest absolute Gasteiger partial charge is 0.350 e. The van der Waals surface area contributed by atoms with Crippen molar-refractivity contribution in [1.29, 1.82) is 10.5 Å². The van der Waals surface area contributed by atoms with E-state index in [4.69, 9.17) is 10.00 Å². The number of ether oxygens (including phenoxy) is 1. The molecular formula is C16H17N3O2S. The Labute approximate surface area is 133 Å². The highest BCUT2D eigenvalue weighted by Crippen LogP contribution is 2.39. The fourth-order valence-corrected chi connectivity index (χ4v) is 3.78. The Morgan fingerprint density at radius 2 is 2.32 bits per heavy atom. The predicted molar refractivity (Wildman–Crippen MR) is 84.2 cm³/mol. The molecule has 0 radical (unpaired) electrons. The first-order chi connectivity index (χ1) is 10.6. The molecule has 0 spiro atoms. The minimum Gasteiger partial charge on any atom is -0.462 e. The number of anilines is 1. The van der Waals surface area contributed by atoms with Crippen molar-refractivity contribution >= 4 is 22.3 Å². The lowest BCUT2D eigenvalue weighted by molar-refractivity contribution is -0.138. The van der Waals surface area contributed by atoms with E-state index in [2.05, 4.69) is 18.3 Å². The second-order valence-electron chi connectivity index (χ2n) is 5.20. The van der Waals surface area contributed by atoms with Crippen LogP contribution in [-0.2, 0) is 22.4 Å². The van der Waals surface area contributed by atoms with Gasteiger partial charge < -0.3 is 10.1 Å². The maximum absolute atomic E-state index is 11.6. The highest BCUT2D eigenvalue weighted by Gasteiger charge is 2.23. The maximum Gasteiger partial charge on any atom is 0.350 e. The molecule has 22 heavy (non-hydrogen) atoms. The van der Waals surface area contributed by atoms with Crippen LogP contribution in [0.3, 0.4) is 0 Å². The van der Waals surface area contributed by atoms with Crippen molar-refractivity contribution < 1.29 is 9.53 Å². The monoisotopic (exact) mass is 315 g/mol. The van der Waals surface area contributed by atoms with Gasteiger partial charge in [-0.05, 0) is 37.7 Å². The molecule has 0 aromatic carbocycles. The minimum atomic E-state index is -0.661. The first-order valence-electron chi connectivity index (χ1n) is 7.19. The highest BCUT2D eigenvalue weighted by atomic mass is 32.1. The molecular weight excluding hydrogens is 298 g/mol. The van der Waals surface area contributed by atoms with Crippen LogP contribution in [0.1, 0.15) is 36.3 Å². The summed E-state index contributed by atoms with van der Waals surface area (Å²) in [5.74, 6) is -0.0405. The van der Waals surface area contributed by atoms with Crippen LogP contribution in [-0.4, -0.2) is 12.6 Å². The highest BCUT2D eigenvalue weighted by molar-refractivity contribution is 7.16. The molecule has 0 bridgehead atoms. The van der Waals surface area contributed by atoms with Crippen LogP contribution in [0, 0.1) is 28.6 Å². The molecule has 1 atom stereocenters. The van der Waals surface area contributed by atoms with E-state index >= 15 is 0 Å². The second-order valence-corrected chi connectivity index (χ2v) is 6.31. The van der Waals surface area contributed by atoms with Crippen LogP contribution < -0.4 is 5.32 Å². The van der Waals surface area contributed by atoms with E-state index in [1.807, 2.05) is 6.07 Å². The van der Waals surface area contributed by atoms with Crippen molar-refractivity contribution in [3.63, 3.8) is 0 Å². The van der Waals surface area contributed by atoms with Gasteiger partial charge in [-0.3, -0.25) is 0 Å². The van der Waals surface area contributed by atoms with Crippen LogP contribution >= 0.6 is 11.3 Å². The number of nitrogens with zero attached hydrogens (tertiary/aromatic N) is 2. The molecule has 6 heteroatoms. The molecule has 1 N–H and O–H groups in total. The first kappa shape index (κ1) is 16.1. The number of esters is 1. The zero-order chi connectivity index (χ0) is 16.1. The summed E-state index contributed by atoms with van der Waals surface area (Å²) in [6.07, 6.45) is 4.28. The Morgan fingerprint density at radius 1 is 1.55 bits per heavy atom. The third-order valence-corrected chi connectivity index (χ3v) is 4.77. The average Bonchev–Trinajstić information content (AvgIpc) is 2.84. The fourth-order valence-electron chi connectivity index (χ4n) is 2.45. The zero-order valence-electron chi connectivity index (χ0n) is 12.6. The van der Waals surface area contributed by atoms with Crippen molar-refractivity contribution in [3.05, 3.63) is 27.8 Å². The summed E-state index contributed by atoms with van der Waals surface area (Å²) in [5.41, 5.74) is 1.63. The van der Waals surface area contributed by atoms with E-state index in [1.165, 1.54) is 22.4 Å². The van der Waals surface area contributed by atoms with Gasteiger partial charge in [0.05, 0.1) is 12.2 Å². The van der Waals surface area contributed by atoms with Gasteiger partial charge in [-0.25, -0.2) is 4.79 Å². The molecule has 0 fully saturated rings. The normalized spacial score (nSPS) is 17.1. The molecule has 1 aromatic rings. The number of hydrogen-bond acceptors (Lipinski definition) is 6. The lowest BCUT2D eigenvalue weighted by Gasteiger charge is -2.17. The molecule has 0 unspecified atom stereocenters. The average molecular weight is 315 g/mol. The summed E-state index contributed by atoms with van der Waals surface area (Å²) < 4.78 is 4.80. The molecule has 5 nitrogen and oxygen atoms in total. The van der Waals surface area contributed by atoms with Crippen LogP contribution in [0.4, 0.5) is 5.00 Å². The van der Waals surface area contributed by atoms with Gasteiger partial charge in [0.2, 0.25) is 0 Å². The Bertz CT molecular complexity index is 691. The third kappa shape index (κ3) is 3.29. The third-order valence-electron chi connectivity index (χ3n) is 3.59. The second kappa shape index (κ2) is 7.11. The lowest BCUT2D eigenvalue weighted by Crippen LogP contribution is -2.09. The van der Waals surface area contributed by atoms with Crippen LogP contribution in [0.2, 0.25) is 0 Å². The first-order valence-corrected chi connectivity index (χ1v) is 8.00. The SMILES string of the molecule is CCOC(=O)/C(C#N)=C/Nc1sc2c(c1C#N)CC[C@@H](C)C2. The number of carbonyl (C=O) groups is 1. The molecule has 0 saturated heterocycles. The lowest BCUT2D eigenvalue weighted by atomic mass is 9.89. The topological polar surface area (TPSA) is 85.9 Å². The quantitative estimate of drug-likeness (QED) is 0.524. The Morgan fingerprint density at radius 3 is 2.95 bits per heavy atom. The molecule has 1 aliphatic carbocycles. The van der Waals surface area contributed by atoms with Gasteiger partial charge in [-0.2, -0.15) is 10.5 Å². The largest absolute Gasteiger partial charge is 0.462 e. The van der Waals surface area contributed by atoms with E-state index < -0.39 is 5.97 Å². The van der Waals surface area contributed by atoms with E-state index in [0.717, 1.165) is 24.8 Å². The summed E-state index contributed by atoms with van der Waals surface area (Å²) in [7, 11) is 0. The Kier molecular flexibility index (Phi) is 5.19. The van der Waals surface area contributed by atoms with Gasteiger partial charge in [0, 0.05) is 11.1 Å². The summed E-state index contributed by atoms with van der Waals surface area (Å²) in [5, 5.41) is 22.0. The number of carbonyl (C=O) groups excluding carboxylic acids is 1. The molecule has 2 rings (SSSR count). The van der Waals surface area contributed by atoms with Crippen molar-refractivity contribution in [1.82, 2.24) is 0 Å².